The van der Waals surface area contributed by atoms with E-state index in [0.29, 0.717) is 5.17 Å². The van der Waals surface area contributed by atoms with Gasteiger partial charge in [-0.15, -0.1) is 0 Å². The first kappa shape index (κ1) is 10.7. The van der Waals surface area contributed by atoms with Gasteiger partial charge in [-0.1, -0.05) is 27.7 Å². The van der Waals surface area contributed by atoms with Crippen molar-refractivity contribution in [2.24, 2.45) is 4.99 Å². The van der Waals surface area contributed by atoms with E-state index in [2.05, 4.69) is 26.2 Å². The number of amides is 1. The van der Waals surface area contributed by atoms with Gasteiger partial charge >= 0.3 is 0 Å². The standard InChI is InChI=1S/C10H9BrN2OS/c1-6-9(14)13-10(15-6)12-8-4-2-7(11)3-5-8/h2-6H,1H3,(H,12,13,14). The molecule has 0 radical (unpaired) electrons. The molecule has 78 valence electrons. The summed E-state index contributed by atoms with van der Waals surface area (Å²) in [6.45, 7) is 1.87. The number of benzene rings is 1. The molecule has 1 amide bonds. The van der Waals surface area contributed by atoms with Crippen molar-refractivity contribution >= 4 is 44.5 Å². The van der Waals surface area contributed by atoms with Crippen LogP contribution in [0.3, 0.4) is 0 Å². The number of hydrogen-bond donors (Lipinski definition) is 1. The van der Waals surface area contributed by atoms with E-state index < -0.39 is 0 Å². The number of amidine groups is 1. The smallest absolute Gasteiger partial charge is 0.239 e. The lowest BCUT2D eigenvalue weighted by Crippen LogP contribution is -2.23. The Bertz CT molecular complexity index is 416. The highest BCUT2D eigenvalue weighted by Crippen LogP contribution is 2.23. The van der Waals surface area contributed by atoms with Gasteiger partial charge in [-0.3, -0.25) is 4.79 Å². The second kappa shape index (κ2) is 4.37. The molecule has 5 heteroatoms. The highest BCUT2D eigenvalue weighted by atomic mass is 79.9. The van der Waals surface area contributed by atoms with Gasteiger partial charge < -0.3 is 5.32 Å². The topological polar surface area (TPSA) is 41.5 Å². The molecule has 0 aliphatic carbocycles. The number of thioether (sulfide) groups is 1. The molecule has 15 heavy (non-hydrogen) atoms. The summed E-state index contributed by atoms with van der Waals surface area (Å²) in [6, 6.07) is 7.63. The Balaban J connectivity index is 2.17. The zero-order chi connectivity index (χ0) is 10.8. The predicted octanol–water partition coefficient (Wildman–Crippen LogP) is 2.69. The lowest BCUT2D eigenvalue weighted by atomic mass is 10.3. The number of aliphatic imine (C=N–C) groups is 1. The van der Waals surface area contributed by atoms with Crippen LogP contribution in [-0.2, 0) is 4.79 Å². The first-order chi connectivity index (χ1) is 7.15. The first-order valence-electron chi connectivity index (χ1n) is 4.47. The van der Waals surface area contributed by atoms with Gasteiger partial charge in [-0.05, 0) is 31.2 Å². The summed E-state index contributed by atoms with van der Waals surface area (Å²) in [5.41, 5.74) is 0.843. The Morgan fingerprint density at radius 1 is 1.40 bits per heavy atom. The number of hydrogen-bond acceptors (Lipinski definition) is 3. The van der Waals surface area contributed by atoms with Gasteiger partial charge in [0.15, 0.2) is 5.17 Å². The maximum atomic E-state index is 11.2. The normalized spacial score (nSPS) is 23.2. The fourth-order valence-corrected chi connectivity index (χ4v) is 2.23. The fraction of sp³-hybridized carbons (Fsp3) is 0.200. The average molecular weight is 285 g/mol. The third-order valence-electron chi connectivity index (χ3n) is 1.95. The predicted molar refractivity (Wildman–Crippen MR) is 66.4 cm³/mol. The third kappa shape index (κ3) is 2.60. The van der Waals surface area contributed by atoms with Gasteiger partial charge in [-0.25, -0.2) is 4.99 Å². The van der Waals surface area contributed by atoms with Crippen LogP contribution in [0, 0.1) is 0 Å². The summed E-state index contributed by atoms with van der Waals surface area (Å²) in [5.74, 6) is 0.0239. The quantitative estimate of drug-likeness (QED) is 0.862. The summed E-state index contributed by atoms with van der Waals surface area (Å²) in [6.07, 6.45) is 0. The largest absolute Gasteiger partial charge is 0.304 e. The lowest BCUT2D eigenvalue weighted by molar-refractivity contribution is -0.118. The number of halogens is 1. The maximum absolute atomic E-state index is 11.2. The summed E-state index contributed by atoms with van der Waals surface area (Å²) in [5, 5.41) is 3.36. The molecule has 1 aromatic rings. The highest BCUT2D eigenvalue weighted by molar-refractivity contribution is 9.10. The summed E-state index contributed by atoms with van der Waals surface area (Å²) in [4.78, 5) is 15.5. The van der Waals surface area contributed by atoms with Crippen molar-refractivity contribution in [3.8, 4) is 0 Å². The van der Waals surface area contributed by atoms with Crippen LogP contribution < -0.4 is 5.32 Å². The van der Waals surface area contributed by atoms with Gasteiger partial charge in [-0.2, -0.15) is 0 Å². The molecule has 1 aromatic carbocycles. The van der Waals surface area contributed by atoms with Crippen molar-refractivity contribution in [3.63, 3.8) is 0 Å². The molecule has 0 bridgehead atoms. The molecule has 1 fully saturated rings. The Hall–Kier alpha value is -0.810. The van der Waals surface area contributed by atoms with E-state index in [1.807, 2.05) is 31.2 Å². The zero-order valence-corrected chi connectivity index (χ0v) is 10.4. The van der Waals surface area contributed by atoms with Crippen molar-refractivity contribution in [2.45, 2.75) is 12.2 Å². The van der Waals surface area contributed by atoms with Crippen LogP contribution in [0.5, 0.6) is 0 Å². The molecule has 0 spiro atoms. The molecular weight excluding hydrogens is 276 g/mol. The Kier molecular flexibility index (Phi) is 3.11. The zero-order valence-electron chi connectivity index (χ0n) is 8.03. The van der Waals surface area contributed by atoms with E-state index in [4.69, 9.17) is 0 Å². The van der Waals surface area contributed by atoms with Crippen LogP contribution in [0.25, 0.3) is 0 Å². The number of carbonyl (C=O) groups is 1. The Labute approximate surface area is 100 Å². The molecule has 1 saturated heterocycles. The molecule has 1 unspecified atom stereocenters. The van der Waals surface area contributed by atoms with Gasteiger partial charge in [0.2, 0.25) is 5.91 Å². The van der Waals surface area contributed by atoms with Crippen LogP contribution in [0.2, 0.25) is 0 Å². The fourth-order valence-electron chi connectivity index (χ4n) is 1.14. The molecule has 2 rings (SSSR count). The molecule has 1 aliphatic heterocycles. The van der Waals surface area contributed by atoms with E-state index >= 15 is 0 Å². The van der Waals surface area contributed by atoms with E-state index in [9.17, 15) is 4.79 Å². The van der Waals surface area contributed by atoms with E-state index in [1.165, 1.54) is 11.8 Å². The van der Waals surface area contributed by atoms with Crippen molar-refractivity contribution in [1.29, 1.82) is 0 Å². The molecule has 1 aliphatic rings. The van der Waals surface area contributed by atoms with Gasteiger partial charge in [0.25, 0.3) is 0 Å². The molecule has 0 aromatic heterocycles. The summed E-state index contributed by atoms with van der Waals surface area (Å²) < 4.78 is 1.02. The van der Waals surface area contributed by atoms with Crippen molar-refractivity contribution in [2.75, 3.05) is 0 Å². The second-order valence-electron chi connectivity index (χ2n) is 3.14. The number of rotatable bonds is 1. The lowest BCUT2D eigenvalue weighted by Gasteiger charge is -1.96. The number of nitrogens with one attached hydrogen (secondary N) is 1. The van der Waals surface area contributed by atoms with Crippen LogP contribution in [0.1, 0.15) is 6.92 Å². The van der Waals surface area contributed by atoms with E-state index in [-0.39, 0.29) is 11.2 Å². The van der Waals surface area contributed by atoms with Gasteiger partial charge in [0, 0.05) is 4.47 Å². The Morgan fingerprint density at radius 2 is 2.07 bits per heavy atom. The second-order valence-corrected chi connectivity index (χ2v) is 5.39. The summed E-state index contributed by atoms with van der Waals surface area (Å²) >= 11 is 4.80. The minimum absolute atomic E-state index is 0.0239. The summed E-state index contributed by atoms with van der Waals surface area (Å²) in [7, 11) is 0. The monoisotopic (exact) mass is 284 g/mol. The molecule has 1 atom stereocenters. The third-order valence-corrected chi connectivity index (χ3v) is 3.46. The minimum atomic E-state index is -0.0424. The number of carbonyl (C=O) groups excluding carboxylic acids is 1. The van der Waals surface area contributed by atoms with E-state index in [0.717, 1.165) is 10.2 Å². The molecule has 3 nitrogen and oxygen atoms in total. The molecule has 0 saturated carbocycles. The van der Waals surface area contributed by atoms with Crippen LogP contribution >= 0.6 is 27.7 Å². The molecular formula is C10H9BrN2OS. The highest BCUT2D eigenvalue weighted by Gasteiger charge is 2.25. The number of nitrogens with zero attached hydrogens (tertiary/aromatic N) is 1. The van der Waals surface area contributed by atoms with Gasteiger partial charge in [0.1, 0.15) is 0 Å². The van der Waals surface area contributed by atoms with Crippen molar-refractivity contribution in [1.82, 2.24) is 5.32 Å². The van der Waals surface area contributed by atoms with Gasteiger partial charge in [0.05, 0.1) is 10.9 Å². The average Bonchev–Trinajstić information content (AvgIpc) is 2.50. The van der Waals surface area contributed by atoms with Crippen LogP contribution in [-0.4, -0.2) is 16.3 Å². The maximum Gasteiger partial charge on any atom is 0.239 e. The minimum Gasteiger partial charge on any atom is -0.304 e. The Morgan fingerprint density at radius 3 is 2.60 bits per heavy atom. The SMILES string of the molecule is CC1SC(=Nc2ccc(Br)cc2)NC1=O. The molecule has 1 N–H and O–H groups in total. The van der Waals surface area contributed by atoms with Crippen LogP contribution in [0.4, 0.5) is 5.69 Å². The van der Waals surface area contributed by atoms with Crippen molar-refractivity contribution < 1.29 is 4.79 Å². The van der Waals surface area contributed by atoms with Crippen molar-refractivity contribution in [3.05, 3.63) is 28.7 Å². The van der Waals surface area contributed by atoms with Crippen LogP contribution in [0.15, 0.2) is 33.7 Å². The first-order valence-corrected chi connectivity index (χ1v) is 6.14. The molecule has 1 heterocycles. The van der Waals surface area contributed by atoms with E-state index in [1.54, 1.807) is 0 Å².